The van der Waals surface area contributed by atoms with Crippen molar-refractivity contribution < 1.29 is 19.5 Å². The maximum absolute atomic E-state index is 12.9. The molecule has 27 heavy (non-hydrogen) atoms. The summed E-state index contributed by atoms with van der Waals surface area (Å²) in [6, 6.07) is 6.15. The van der Waals surface area contributed by atoms with Gasteiger partial charge in [0.05, 0.1) is 5.56 Å². The molecule has 1 heterocycles. The van der Waals surface area contributed by atoms with Crippen LogP contribution >= 0.6 is 11.8 Å². The van der Waals surface area contributed by atoms with Crippen LogP contribution in [0.25, 0.3) is 0 Å². The number of carbonyl (C=O) groups excluding carboxylic acids is 2. The smallest absolute Gasteiger partial charge is 0.335 e. The number of benzene rings is 1. The van der Waals surface area contributed by atoms with E-state index in [1.54, 1.807) is 17.0 Å². The van der Waals surface area contributed by atoms with Crippen LogP contribution in [-0.2, 0) is 9.59 Å². The number of anilines is 1. The molecule has 2 N–H and O–H groups in total. The third-order valence-corrected chi connectivity index (χ3v) is 5.93. The average Bonchev–Trinajstić information content (AvgIpc) is 3.24. The summed E-state index contributed by atoms with van der Waals surface area (Å²) in [6.45, 7) is 2.54. The highest BCUT2D eigenvalue weighted by Gasteiger charge is 2.43. The zero-order chi connectivity index (χ0) is 19.4. The molecule has 8 heteroatoms. The summed E-state index contributed by atoms with van der Waals surface area (Å²) < 4.78 is 0. The summed E-state index contributed by atoms with van der Waals surface area (Å²) in [5.41, 5.74) is 0.665. The number of aliphatic imine (C=N–C) groups is 1. The van der Waals surface area contributed by atoms with Crippen molar-refractivity contribution in [3.05, 3.63) is 29.8 Å². The fourth-order valence-electron chi connectivity index (χ4n) is 3.44. The van der Waals surface area contributed by atoms with Gasteiger partial charge in [0.1, 0.15) is 5.25 Å². The van der Waals surface area contributed by atoms with Crippen molar-refractivity contribution in [3.63, 3.8) is 0 Å². The van der Waals surface area contributed by atoms with Gasteiger partial charge in [0.2, 0.25) is 11.8 Å². The number of nitrogens with zero attached hydrogens (tertiary/aromatic N) is 2. The molecular formula is C19H23N3O4S. The lowest BCUT2D eigenvalue weighted by Crippen LogP contribution is -2.40. The Morgan fingerprint density at radius 3 is 2.52 bits per heavy atom. The molecule has 1 atom stereocenters. The molecule has 1 unspecified atom stereocenters. The maximum Gasteiger partial charge on any atom is 0.335 e. The van der Waals surface area contributed by atoms with Crippen molar-refractivity contribution >= 4 is 40.4 Å². The predicted molar refractivity (Wildman–Crippen MR) is 105 cm³/mol. The van der Waals surface area contributed by atoms with Crippen LogP contribution in [-0.4, -0.2) is 50.8 Å². The first-order valence-electron chi connectivity index (χ1n) is 9.17. The number of carboxylic acid groups (broad SMARTS) is 1. The monoisotopic (exact) mass is 389 g/mol. The van der Waals surface area contributed by atoms with E-state index < -0.39 is 11.2 Å². The molecule has 144 valence electrons. The van der Waals surface area contributed by atoms with E-state index >= 15 is 0 Å². The molecule has 1 aromatic rings. The largest absolute Gasteiger partial charge is 0.478 e. The second-order valence-corrected chi connectivity index (χ2v) is 7.81. The lowest BCUT2D eigenvalue weighted by Gasteiger charge is -2.23. The minimum Gasteiger partial charge on any atom is -0.478 e. The summed E-state index contributed by atoms with van der Waals surface area (Å²) in [4.78, 5) is 42.4. The number of nitrogens with one attached hydrogen (secondary N) is 1. The van der Waals surface area contributed by atoms with Crippen LogP contribution in [0, 0.1) is 0 Å². The van der Waals surface area contributed by atoms with Crippen LogP contribution in [0.1, 0.15) is 49.4 Å². The molecule has 0 aromatic heterocycles. The van der Waals surface area contributed by atoms with Gasteiger partial charge in [0, 0.05) is 24.7 Å². The minimum absolute atomic E-state index is 0.0320. The first-order chi connectivity index (χ1) is 13.0. The number of amidine groups is 1. The quantitative estimate of drug-likeness (QED) is 0.779. The van der Waals surface area contributed by atoms with E-state index in [0.717, 1.165) is 30.9 Å². The highest BCUT2D eigenvalue weighted by Crippen LogP contribution is 2.36. The van der Waals surface area contributed by atoms with Crippen LogP contribution in [0.15, 0.2) is 29.3 Å². The van der Waals surface area contributed by atoms with Gasteiger partial charge in [-0.1, -0.05) is 24.6 Å². The molecule has 2 amide bonds. The molecule has 2 aliphatic rings. The van der Waals surface area contributed by atoms with Gasteiger partial charge in [-0.05, 0) is 44.0 Å². The topological polar surface area (TPSA) is 99.1 Å². The fourth-order valence-corrected chi connectivity index (χ4v) is 4.70. The summed E-state index contributed by atoms with van der Waals surface area (Å²) in [5, 5.41) is 11.9. The Labute approximate surface area is 162 Å². The summed E-state index contributed by atoms with van der Waals surface area (Å²) >= 11 is 1.37. The van der Waals surface area contributed by atoms with E-state index in [2.05, 4.69) is 10.3 Å². The van der Waals surface area contributed by atoms with E-state index in [4.69, 9.17) is 5.11 Å². The van der Waals surface area contributed by atoms with Crippen molar-refractivity contribution in [1.29, 1.82) is 0 Å². The standard InChI is InChI=1S/C19H23N3O4S/c1-2-20-19-22(14-5-3-4-6-14)17(24)15(27-19)11-16(23)21-13-9-7-12(8-10-13)18(25)26/h7-10,14-15H,2-6,11H2,1H3,(H,21,23)(H,25,26). The van der Waals surface area contributed by atoms with Gasteiger partial charge in [-0.25, -0.2) is 4.79 Å². The Hall–Kier alpha value is -2.35. The number of amides is 2. The zero-order valence-electron chi connectivity index (χ0n) is 15.2. The van der Waals surface area contributed by atoms with Crippen LogP contribution < -0.4 is 5.32 Å². The predicted octanol–water partition coefficient (Wildman–Crippen LogP) is 2.98. The molecule has 0 radical (unpaired) electrons. The van der Waals surface area contributed by atoms with Crippen molar-refractivity contribution in [2.24, 2.45) is 4.99 Å². The number of hydrogen-bond acceptors (Lipinski definition) is 5. The number of carboxylic acids is 1. The van der Waals surface area contributed by atoms with Crippen LogP contribution in [0.5, 0.6) is 0 Å². The van der Waals surface area contributed by atoms with E-state index in [-0.39, 0.29) is 29.8 Å². The minimum atomic E-state index is -1.02. The van der Waals surface area contributed by atoms with Crippen molar-refractivity contribution in [2.75, 3.05) is 11.9 Å². The van der Waals surface area contributed by atoms with Gasteiger partial charge < -0.3 is 10.4 Å². The number of rotatable bonds is 6. The van der Waals surface area contributed by atoms with Gasteiger partial charge in [0.15, 0.2) is 5.17 Å². The Bertz CT molecular complexity index is 757. The van der Waals surface area contributed by atoms with Crippen LogP contribution in [0.3, 0.4) is 0 Å². The van der Waals surface area contributed by atoms with E-state index in [9.17, 15) is 14.4 Å². The third-order valence-electron chi connectivity index (χ3n) is 4.74. The first-order valence-corrected chi connectivity index (χ1v) is 10.0. The highest BCUT2D eigenvalue weighted by molar-refractivity contribution is 8.15. The first kappa shape index (κ1) is 19.4. The third kappa shape index (κ3) is 4.50. The molecule has 0 spiro atoms. The van der Waals surface area contributed by atoms with Crippen LogP contribution in [0.2, 0.25) is 0 Å². The van der Waals surface area contributed by atoms with Gasteiger partial charge in [0.25, 0.3) is 0 Å². The van der Waals surface area contributed by atoms with Crippen molar-refractivity contribution in [1.82, 2.24) is 4.90 Å². The fraction of sp³-hybridized carbons (Fsp3) is 0.474. The molecular weight excluding hydrogens is 366 g/mol. The summed E-state index contributed by atoms with van der Waals surface area (Å²) in [6.07, 6.45) is 4.29. The van der Waals surface area contributed by atoms with Crippen molar-refractivity contribution in [2.45, 2.75) is 50.3 Å². The second kappa shape index (κ2) is 8.56. The summed E-state index contributed by atoms with van der Waals surface area (Å²) in [5.74, 6) is -1.32. The summed E-state index contributed by atoms with van der Waals surface area (Å²) in [7, 11) is 0. The normalized spacial score (nSPS) is 21.8. The van der Waals surface area contributed by atoms with E-state index in [1.165, 1.54) is 23.9 Å². The number of aromatic carboxylic acids is 1. The van der Waals surface area contributed by atoms with E-state index in [0.29, 0.717) is 12.2 Å². The van der Waals surface area contributed by atoms with Gasteiger partial charge >= 0.3 is 5.97 Å². The lowest BCUT2D eigenvalue weighted by molar-refractivity contribution is -0.129. The molecule has 1 saturated carbocycles. The number of thioether (sulfide) groups is 1. The molecule has 2 fully saturated rings. The highest BCUT2D eigenvalue weighted by atomic mass is 32.2. The Balaban J connectivity index is 1.64. The molecule has 7 nitrogen and oxygen atoms in total. The SMILES string of the molecule is CCN=C1SC(CC(=O)Nc2ccc(C(=O)O)cc2)C(=O)N1C1CCCC1. The maximum atomic E-state index is 12.9. The Kier molecular flexibility index (Phi) is 6.15. The lowest BCUT2D eigenvalue weighted by atomic mass is 10.1. The average molecular weight is 389 g/mol. The van der Waals surface area contributed by atoms with Gasteiger partial charge in [-0.2, -0.15) is 0 Å². The van der Waals surface area contributed by atoms with Gasteiger partial charge in [-0.3, -0.25) is 19.5 Å². The van der Waals surface area contributed by atoms with Gasteiger partial charge in [-0.15, -0.1) is 0 Å². The molecule has 1 saturated heterocycles. The molecule has 1 aromatic carbocycles. The number of hydrogen-bond donors (Lipinski definition) is 2. The molecule has 1 aliphatic heterocycles. The van der Waals surface area contributed by atoms with Crippen LogP contribution in [0.4, 0.5) is 5.69 Å². The Morgan fingerprint density at radius 2 is 1.93 bits per heavy atom. The second-order valence-electron chi connectivity index (χ2n) is 6.64. The Morgan fingerprint density at radius 1 is 1.26 bits per heavy atom. The number of carbonyl (C=O) groups is 3. The molecule has 0 bridgehead atoms. The molecule has 1 aliphatic carbocycles. The van der Waals surface area contributed by atoms with E-state index in [1.807, 2.05) is 6.92 Å². The molecule has 3 rings (SSSR count). The van der Waals surface area contributed by atoms with Crippen molar-refractivity contribution in [3.8, 4) is 0 Å². The zero-order valence-corrected chi connectivity index (χ0v) is 16.0.